The van der Waals surface area contributed by atoms with Gasteiger partial charge in [-0.05, 0) is 48.0 Å². The molecule has 1 unspecified atom stereocenters. The molecule has 3 nitrogen and oxygen atoms in total. The maximum atomic E-state index is 5.64. The molecule has 0 saturated carbocycles. The number of nitrogens with two attached hydrogens (primary N) is 1. The third kappa shape index (κ3) is 2.33. The Hall–Kier alpha value is -1.00. The van der Waals surface area contributed by atoms with E-state index in [1.165, 1.54) is 23.6 Å². The van der Waals surface area contributed by atoms with Crippen molar-refractivity contribution in [1.82, 2.24) is 9.38 Å². The molecule has 1 fully saturated rings. The number of thioether (sulfide) groups is 1. The second-order valence-corrected chi connectivity index (χ2v) is 5.82. The van der Waals surface area contributed by atoms with Gasteiger partial charge in [-0.25, -0.2) is 4.98 Å². The van der Waals surface area contributed by atoms with Crippen molar-refractivity contribution in [3.8, 4) is 0 Å². The van der Waals surface area contributed by atoms with E-state index < -0.39 is 0 Å². The van der Waals surface area contributed by atoms with Gasteiger partial charge < -0.3 is 10.1 Å². The normalized spacial score (nSPS) is 20.2. The van der Waals surface area contributed by atoms with Gasteiger partial charge in [0.25, 0.3) is 0 Å². The van der Waals surface area contributed by atoms with E-state index in [2.05, 4.69) is 45.7 Å². The molecular weight excluding hydrogens is 230 g/mol. The van der Waals surface area contributed by atoms with E-state index in [0.29, 0.717) is 6.54 Å². The van der Waals surface area contributed by atoms with E-state index >= 15 is 0 Å². The molecule has 2 N–H and O–H groups in total. The first-order valence-electron chi connectivity index (χ1n) is 6.09. The average molecular weight is 247 g/mol. The zero-order valence-corrected chi connectivity index (χ0v) is 10.6. The van der Waals surface area contributed by atoms with Gasteiger partial charge in [-0.3, -0.25) is 0 Å². The number of aromatic nitrogens is 2. The third-order valence-corrected chi connectivity index (χ3v) is 4.56. The van der Waals surface area contributed by atoms with Gasteiger partial charge in [-0.1, -0.05) is 0 Å². The van der Waals surface area contributed by atoms with E-state index in [1.807, 2.05) is 0 Å². The fourth-order valence-corrected chi connectivity index (χ4v) is 3.63. The highest BCUT2D eigenvalue weighted by Crippen LogP contribution is 2.26. The molecule has 1 saturated heterocycles. The molecule has 90 valence electrons. The quantitative estimate of drug-likeness (QED) is 0.903. The lowest BCUT2D eigenvalue weighted by molar-refractivity contribution is 0.589. The summed E-state index contributed by atoms with van der Waals surface area (Å²) >= 11 is 2.06. The Balaban J connectivity index is 1.85. The fraction of sp³-hybridized carbons (Fsp3) is 0.462. The number of pyridine rings is 1. The Morgan fingerprint density at radius 2 is 2.47 bits per heavy atom. The minimum absolute atomic E-state index is 0.581. The van der Waals surface area contributed by atoms with Crippen LogP contribution in [0.4, 0.5) is 0 Å². The highest BCUT2D eigenvalue weighted by atomic mass is 32.2. The van der Waals surface area contributed by atoms with Crippen molar-refractivity contribution in [2.75, 3.05) is 11.5 Å². The molecule has 0 aromatic carbocycles. The standard InChI is InChI=1S/C13H17N3S/c14-7-10-1-3-16-8-12(15-13(16)6-10)5-11-2-4-17-9-11/h1,3,6,8,11H,2,4-5,7,9,14H2. The van der Waals surface area contributed by atoms with Crippen LogP contribution in [0.15, 0.2) is 24.5 Å². The van der Waals surface area contributed by atoms with Crippen molar-refractivity contribution in [2.45, 2.75) is 19.4 Å². The summed E-state index contributed by atoms with van der Waals surface area (Å²) in [5.41, 5.74) is 9.02. The van der Waals surface area contributed by atoms with Crippen LogP contribution < -0.4 is 5.73 Å². The number of hydrogen-bond acceptors (Lipinski definition) is 3. The summed E-state index contributed by atoms with van der Waals surface area (Å²) in [4.78, 5) is 4.68. The molecule has 0 amide bonds. The maximum Gasteiger partial charge on any atom is 0.137 e. The van der Waals surface area contributed by atoms with E-state index in [4.69, 9.17) is 5.73 Å². The molecule has 0 aliphatic carbocycles. The molecule has 3 heterocycles. The smallest absolute Gasteiger partial charge is 0.137 e. The molecule has 4 heteroatoms. The second kappa shape index (κ2) is 4.70. The van der Waals surface area contributed by atoms with Crippen LogP contribution in [0.25, 0.3) is 5.65 Å². The van der Waals surface area contributed by atoms with Gasteiger partial charge in [0.1, 0.15) is 5.65 Å². The largest absolute Gasteiger partial charge is 0.326 e. The molecule has 1 atom stereocenters. The van der Waals surface area contributed by atoms with Gasteiger partial charge in [-0.2, -0.15) is 11.8 Å². The van der Waals surface area contributed by atoms with Crippen LogP contribution in [0.3, 0.4) is 0 Å². The summed E-state index contributed by atoms with van der Waals surface area (Å²) in [5.74, 6) is 3.43. The van der Waals surface area contributed by atoms with Crippen LogP contribution in [-0.4, -0.2) is 20.9 Å². The Morgan fingerprint density at radius 3 is 3.24 bits per heavy atom. The molecule has 0 bridgehead atoms. The van der Waals surface area contributed by atoms with E-state index in [9.17, 15) is 0 Å². The highest BCUT2D eigenvalue weighted by Gasteiger charge is 2.17. The van der Waals surface area contributed by atoms with E-state index in [1.54, 1.807) is 0 Å². The Kier molecular flexibility index (Phi) is 3.07. The lowest BCUT2D eigenvalue weighted by atomic mass is 10.0. The number of imidazole rings is 1. The lowest BCUT2D eigenvalue weighted by Gasteiger charge is -2.03. The minimum atomic E-state index is 0.581. The van der Waals surface area contributed by atoms with Crippen molar-refractivity contribution >= 4 is 17.4 Å². The van der Waals surface area contributed by atoms with Crippen molar-refractivity contribution in [2.24, 2.45) is 11.7 Å². The van der Waals surface area contributed by atoms with Gasteiger partial charge in [0, 0.05) is 18.9 Å². The van der Waals surface area contributed by atoms with Gasteiger partial charge in [0.05, 0.1) is 5.69 Å². The third-order valence-electron chi connectivity index (χ3n) is 3.33. The second-order valence-electron chi connectivity index (χ2n) is 4.67. The van der Waals surface area contributed by atoms with Crippen LogP contribution in [0.1, 0.15) is 17.7 Å². The summed E-state index contributed by atoms with van der Waals surface area (Å²) in [5, 5.41) is 0. The molecule has 2 aromatic heterocycles. The first-order valence-corrected chi connectivity index (χ1v) is 7.25. The lowest BCUT2D eigenvalue weighted by Crippen LogP contribution is -2.02. The summed E-state index contributed by atoms with van der Waals surface area (Å²) in [6.07, 6.45) is 6.66. The van der Waals surface area contributed by atoms with Crippen molar-refractivity contribution < 1.29 is 0 Å². The van der Waals surface area contributed by atoms with Crippen LogP contribution >= 0.6 is 11.8 Å². The predicted molar refractivity (Wildman–Crippen MR) is 72.2 cm³/mol. The Labute approximate surface area is 105 Å². The number of hydrogen-bond donors (Lipinski definition) is 1. The predicted octanol–water partition coefficient (Wildman–Crippen LogP) is 2.09. The summed E-state index contributed by atoms with van der Waals surface area (Å²) in [7, 11) is 0. The van der Waals surface area contributed by atoms with Gasteiger partial charge >= 0.3 is 0 Å². The SMILES string of the molecule is NCc1ccn2cc(CC3CCSC3)nc2c1. The summed E-state index contributed by atoms with van der Waals surface area (Å²) in [6.45, 7) is 0.581. The van der Waals surface area contributed by atoms with Crippen LogP contribution in [0.2, 0.25) is 0 Å². The zero-order chi connectivity index (χ0) is 11.7. The van der Waals surface area contributed by atoms with Crippen molar-refractivity contribution in [3.05, 3.63) is 35.8 Å². The molecular formula is C13H17N3S. The average Bonchev–Trinajstić information content (AvgIpc) is 2.96. The summed E-state index contributed by atoms with van der Waals surface area (Å²) < 4.78 is 2.09. The topological polar surface area (TPSA) is 43.3 Å². The van der Waals surface area contributed by atoms with Gasteiger partial charge in [-0.15, -0.1) is 0 Å². The van der Waals surface area contributed by atoms with Crippen molar-refractivity contribution in [1.29, 1.82) is 0 Å². The molecule has 3 rings (SSSR count). The number of nitrogens with zero attached hydrogens (tertiary/aromatic N) is 2. The highest BCUT2D eigenvalue weighted by molar-refractivity contribution is 7.99. The van der Waals surface area contributed by atoms with Crippen molar-refractivity contribution in [3.63, 3.8) is 0 Å². The number of rotatable bonds is 3. The zero-order valence-electron chi connectivity index (χ0n) is 9.80. The monoisotopic (exact) mass is 247 g/mol. The molecule has 17 heavy (non-hydrogen) atoms. The van der Waals surface area contributed by atoms with Crippen LogP contribution in [-0.2, 0) is 13.0 Å². The van der Waals surface area contributed by atoms with Gasteiger partial charge in [0.2, 0.25) is 0 Å². The maximum absolute atomic E-state index is 5.64. The van der Waals surface area contributed by atoms with Gasteiger partial charge in [0.15, 0.2) is 0 Å². The molecule has 1 aliphatic rings. The molecule has 2 aromatic rings. The first-order chi connectivity index (χ1) is 8.35. The number of fused-ring (bicyclic) bond motifs is 1. The summed E-state index contributed by atoms with van der Waals surface area (Å²) in [6, 6.07) is 4.14. The van der Waals surface area contributed by atoms with Crippen LogP contribution in [0.5, 0.6) is 0 Å². The minimum Gasteiger partial charge on any atom is -0.326 e. The molecule has 1 aliphatic heterocycles. The Morgan fingerprint density at radius 1 is 1.53 bits per heavy atom. The van der Waals surface area contributed by atoms with E-state index in [-0.39, 0.29) is 0 Å². The fourth-order valence-electron chi connectivity index (χ4n) is 2.34. The molecule has 0 radical (unpaired) electrons. The Bertz CT molecular complexity index is 514. The first kappa shape index (κ1) is 11.1. The van der Waals surface area contributed by atoms with E-state index in [0.717, 1.165) is 23.5 Å². The molecule has 0 spiro atoms. The van der Waals surface area contributed by atoms with Crippen LogP contribution in [0, 0.1) is 5.92 Å².